The van der Waals surface area contributed by atoms with Gasteiger partial charge in [0.2, 0.25) is 0 Å². The van der Waals surface area contributed by atoms with Crippen molar-refractivity contribution >= 4 is 5.97 Å². The monoisotopic (exact) mass is 340 g/mol. The molecule has 0 spiro atoms. The predicted molar refractivity (Wildman–Crippen MR) is 96.5 cm³/mol. The van der Waals surface area contributed by atoms with Gasteiger partial charge in [-0.3, -0.25) is 4.79 Å². The third-order valence-corrected chi connectivity index (χ3v) is 5.26. The fourth-order valence-corrected chi connectivity index (χ4v) is 3.64. The van der Waals surface area contributed by atoms with Crippen LogP contribution in [-0.4, -0.2) is 35.5 Å². The number of carbonyl (C=O) groups is 1. The Hall–Kier alpha value is -0.870. The number of unbranched alkanes of at least 4 members (excludes halogenated alkanes) is 2. The summed E-state index contributed by atoms with van der Waals surface area (Å²) in [6.07, 6.45) is 11.7. The van der Waals surface area contributed by atoms with E-state index >= 15 is 0 Å². The fourth-order valence-electron chi connectivity index (χ4n) is 3.64. The zero-order valence-corrected chi connectivity index (χ0v) is 15.6. The maximum absolute atomic E-state index is 11.3. The lowest BCUT2D eigenvalue weighted by molar-refractivity contribution is -0.141. The molecule has 0 radical (unpaired) electrons. The Labute approximate surface area is 147 Å². The van der Waals surface area contributed by atoms with E-state index < -0.39 is 0 Å². The summed E-state index contributed by atoms with van der Waals surface area (Å²) in [5.41, 5.74) is 0. The van der Waals surface area contributed by atoms with E-state index in [0.29, 0.717) is 12.3 Å². The molecular weight excluding hydrogens is 304 g/mol. The number of esters is 1. The molecular formula is C20H36O4. The number of carbonyl (C=O) groups excluding carboxylic acids is 1. The Balaban J connectivity index is 2.42. The molecule has 5 atom stereocenters. The van der Waals surface area contributed by atoms with Gasteiger partial charge in [0.1, 0.15) is 0 Å². The molecule has 0 amide bonds. The highest BCUT2D eigenvalue weighted by molar-refractivity contribution is 5.69. The smallest absolute Gasteiger partial charge is 0.305 e. The van der Waals surface area contributed by atoms with E-state index in [2.05, 4.69) is 19.9 Å². The zero-order valence-electron chi connectivity index (χ0n) is 15.6. The van der Waals surface area contributed by atoms with Crippen molar-refractivity contribution in [1.82, 2.24) is 0 Å². The quantitative estimate of drug-likeness (QED) is 0.340. The Morgan fingerprint density at radius 1 is 1.29 bits per heavy atom. The summed E-state index contributed by atoms with van der Waals surface area (Å²) in [6, 6.07) is 0. The maximum Gasteiger partial charge on any atom is 0.305 e. The van der Waals surface area contributed by atoms with E-state index in [9.17, 15) is 15.0 Å². The number of methoxy groups -OCH3 is 1. The second kappa shape index (κ2) is 11.6. The lowest BCUT2D eigenvalue weighted by atomic mass is 9.86. The Morgan fingerprint density at radius 2 is 2.04 bits per heavy atom. The van der Waals surface area contributed by atoms with Gasteiger partial charge in [-0.25, -0.2) is 0 Å². The predicted octanol–water partition coefficient (Wildman–Crippen LogP) is 3.85. The van der Waals surface area contributed by atoms with Crippen LogP contribution in [0.3, 0.4) is 0 Å². The standard InChI is InChI=1S/C20H36O4/c1-4-5-6-7-17(21)11-9-16-10-13-19(22)18(16)12-8-15(2)14-20(23)24-3/h9,11,15-19,21-22H,4-8,10,12-14H2,1-3H3/t15?,16-,17?,18-,19+/m0/s1. The zero-order chi connectivity index (χ0) is 17.9. The van der Waals surface area contributed by atoms with Crippen LogP contribution in [0.15, 0.2) is 12.2 Å². The first-order valence-electron chi connectivity index (χ1n) is 9.59. The molecule has 0 aliphatic heterocycles. The van der Waals surface area contributed by atoms with Crippen molar-refractivity contribution in [2.45, 2.75) is 83.8 Å². The lowest BCUT2D eigenvalue weighted by Gasteiger charge is -2.21. The van der Waals surface area contributed by atoms with Gasteiger partial charge in [0.15, 0.2) is 0 Å². The third-order valence-electron chi connectivity index (χ3n) is 5.26. The molecule has 0 aromatic carbocycles. The van der Waals surface area contributed by atoms with Gasteiger partial charge in [0.25, 0.3) is 0 Å². The van der Waals surface area contributed by atoms with Gasteiger partial charge in [-0.15, -0.1) is 0 Å². The molecule has 1 rings (SSSR count). The number of hydrogen-bond acceptors (Lipinski definition) is 4. The van der Waals surface area contributed by atoms with E-state index in [1.54, 1.807) is 0 Å². The molecule has 1 aliphatic rings. The molecule has 2 unspecified atom stereocenters. The average Bonchev–Trinajstić information content (AvgIpc) is 2.91. The number of allylic oxidation sites excluding steroid dienone is 1. The van der Waals surface area contributed by atoms with Gasteiger partial charge < -0.3 is 14.9 Å². The third kappa shape index (κ3) is 7.80. The van der Waals surface area contributed by atoms with Crippen LogP contribution in [0.5, 0.6) is 0 Å². The average molecular weight is 341 g/mol. The van der Waals surface area contributed by atoms with Crippen LogP contribution < -0.4 is 0 Å². The van der Waals surface area contributed by atoms with E-state index in [1.807, 2.05) is 6.08 Å². The van der Waals surface area contributed by atoms with Crippen LogP contribution in [0.25, 0.3) is 0 Å². The van der Waals surface area contributed by atoms with Crippen molar-refractivity contribution in [3.05, 3.63) is 12.2 Å². The van der Waals surface area contributed by atoms with E-state index in [4.69, 9.17) is 4.74 Å². The Morgan fingerprint density at radius 3 is 2.71 bits per heavy atom. The van der Waals surface area contributed by atoms with E-state index in [0.717, 1.165) is 51.4 Å². The maximum atomic E-state index is 11.3. The first-order valence-corrected chi connectivity index (χ1v) is 9.59. The van der Waals surface area contributed by atoms with Crippen LogP contribution >= 0.6 is 0 Å². The second-order valence-corrected chi connectivity index (χ2v) is 7.38. The van der Waals surface area contributed by atoms with Crippen molar-refractivity contribution in [3.8, 4) is 0 Å². The van der Waals surface area contributed by atoms with Crippen LogP contribution in [0.1, 0.15) is 71.6 Å². The summed E-state index contributed by atoms with van der Waals surface area (Å²) in [7, 11) is 1.42. The topological polar surface area (TPSA) is 66.8 Å². The molecule has 1 saturated carbocycles. The van der Waals surface area contributed by atoms with Gasteiger partial charge in [-0.1, -0.05) is 45.3 Å². The summed E-state index contributed by atoms with van der Waals surface area (Å²) in [4.78, 5) is 11.3. The Bertz CT molecular complexity index is 380. The summed E-state index contributed by atoms with van der Waals surface area (Å²) in [5, 5.41) is 20.3. The molecule has 0 saturated heterocycles. The molecule has 0 aromatic heterocycles. The number of ether oxygens (including phenoxy) is 1. The normalized spacial score (nSPS) is 26.6. The first-order chi connectivity index (χ1) is 11.5. The van der Waals surface area contributed by atoms with Crippen LogP contribution in [0.4, 0.5) is 0 Å². The van der Waals surface area contributed by atoms with Crippen LogP contribution in [0, 0.1) is 17.8 Å². The lowest BCUT2D eigenvalue weighted by Crippen LogP contribution is -2.20. The number of aliphatic hydroxyl groups excluding tert-OH is 2. The molecule has 0 bridgehead atoms. The minimum absolute atomic E-state index is 0.166. The number of hydrogen-bond donors (Lipinski definition) is 2. The molecule has 4 nitrogen and oxygen atoms in total. The number of aliphatic hydroxyl groups is 2. The molecule has 0 heterocycles. The molecule has 140 valence electrons. The summed E-state index contributed by atoms with van der Waals surface area (Å²) >= 11 is 0. The first kappa shape index (κ1) is 21.2. The SMILES string of the molecule is CCCCCC(O)C=C[C@H]1CC[C@@H](O)[C@H]1CCC(C)CC(=O)OC. The van der Waals surface area contributed by atoms with E-state index in [1.165, 1.54) is 7.11 Å². The Kier molecular flexibility index (Phi) is 10.3. The van der Waals surface area contributed by atoms with Crippen molar-refractivity contribution < 1.29 is 19.7 Å². The largest absolute Gasteiger partial charge is 0.469 e. The van der Waals surface area contributed by atoms with Gasteiger partial charge in [0, 0.05) is 6.42 Å². The summed E-state index contributed by atoms with van der Waals surface area (Å²) in [6.45, 7) is 4.22. The minimum atomic E-state index is -0.367. The van der Waals surface area contributed by atoms with Crippen molar-refractivity contribution in [2.75, 3.05) is 7.11 Å². The van der Waals surface area contributed by atoms with Crippen LogP contribution in [0.2, 0.25) is 0 Å². The van der Waals surface area contributed by atoms with Crippen molar-refractivity contribution in [2.24, 2.45) is 17.8 Å². The highest BCUT2D eigenvalue weighted by Crippen LogP contribution is 2.37. The van der Waals surface area contributed by atoms with Gasteiger partial charge in [-0.2, -0.15) is 0 Å². The second-order valence-electron chi connectivity index (χ2n) is 7.38. The molecule has 2 N–H and O–H groups in total. The van der Waals surface area contributed by atoms with Gasteiger partial charge in [0.05, 0.1) is 19.3 Å². The number of rotatable bonds is 11. The van der Waals surface area contributed by atoms with E-state index in [-0.39, 0.29) is 30.0 Å². The summed E-state index contributed by atoms with van der Waals surface area (Å²) in [5.74, 6) is 0.686. The van der Waals surface area contributed by atoms with Gasteiger partial charge >= 0.3 is 5.97 Å². The summed E-state index contributed by atoms with van der Waals surface area (Å²) < 4.78 is 4.71. The van der Waals surface area contributed by atoms with Crippen molar-refractivity contribution in [1.29, 1.82) is 0 Å². The van der Waals surface area contributed by atoms with Gasteiger partial charge in [-0.05, 0) is 49.9 Å². The van der Waals surface area contributed by atoms with Crippen molar-refractivity contribution in [3.63, 3.8) is 0 Å². The minimum Gasteiger partial charge on any atom is -0.469 e. The molecule has 1 fully saturated rings. The molecule has 24 heavy (non-hydrogen) atoms. The highest BCUT2D eigenvalue weighted by Gasteiger charge is 2.33. The fraction of sp³-hybridized carbons (Fsp3) is 0.850. The highest BCUT2D eigenvalue weighted by atomic mass is 16.5. The molecule has 1 aliphatic carbocycles. The van der Waals surface area contributed by atoms with Crippen LogP contribution in [-0.2, 0) is 9.53 Å². The molecule has 4 heteroatoms. The molecule has 0 aromatic rings.